The van der Waals surface area contributed by atoms with Crippen LogP contribution in [0, 0.1) is 28.6 Å². The zero-order valence-corrected chi connectivity index (χ0v) is 16.0. The summed E-state index contributed by atoms with van der Waals surface area (Å²) in [4.78, 5) is 37.1. The number of ether oxygens (including phenoxy) is 1. The Morgan fingerprint density at radius 1 is 1.15 bits per heavy atom. The topological polar surface area (TPSA) is 60.4 Å². The largest absolute Gasteiger partial charge is 0.466 e. The van der Waals surface area contributed by atoms with E-state index in [1.54, 1.807) is 6.08 Å². The fraction of sp³-hybridized carbons (Fsp3) is 0.682. The lowest BCUT2D eigenvalue weighted by atomic mass is 9.47. The number of hydrogen-bond donors (Lipinski definition) is 0. The standard InChI is InChI=1S/C22H28O4/c1-21-9-8-15(23)10-13(21)4-6-16-17-7-5-14(11-19(25)26-3)22(17,2)12-18(24)20(16)21/h10-11,16-17,20H,4-9,12H2,1-3H3. The van der Waals surface area contributed by atoms with Gasteiger partial charge in [-0.15, -0.1) is 0 Å². The molecule has 3 fully saturated rings. The Morgan fingerprint density at radius 3 is 2.65 bits per heavy atom. The molecule has 0 radical (unpaired) electrons. The Bertz CT molecular complexity index is 745. The van der Waals surface area contributed by atoms with Crippen molar-refractivity contribution in [1.82, 2.24) is 0 Å². The summed E-state index contributed by atoms with van der Waals surface area (Å²) in [6.07, 6.45) is 9.17. The van der Waals surface area contributed by atoms with E-state index in [2.05, 4.69) is 13.8 Å². The lowest BCUT2D eigenvalue weighted by molar-refractivity contribution is -0.143. The molecule has 0 saturated heterocycles. The molecule has 0 bridgehead atoms. The quantitative estimate of drug-likeness (QED) is 0.530. The van der Waals surface area contributed by atoms with Gasteiger partial charge in [0.1, 0.15) is 5.78 Å². The lowest BCUT2D eigenvalue weighted by Gasteiger charge is -2.56. The minimum absolute atomic E-state index is 0.0335. The van der Waals surface area contributed by atoms with Gasteiger partial charge in [0.15, 0.2) is 5.78 Å². The number of fused-ring (bicyclic) bond motifs is 5. The van der Waals surface area contributed by atoms with E-state index in [4.69, 9.17) is 4.74 Å². The fourth-order valence-electron chi connectivity index (χ4n) is 6.67. The summed E-state index contributed by atoms with van der Waals surface area (Å²) in [5.41, 5.74) is 1.93. The van der Waals surface area contributed by atoms with E-state index >= 15 is 0 Å². The van der Waals surface area contributed by atoms with Gasteiger partial charge in [-0.3, -0.25) is 9.59 Å². The number of rotatable bonds is 1. The van der Waals surface area contributed by atoms with Gasteiger partial charge in [0.25, 0.3) is 0 Å². The molecule has 140 valence electrons. The van der Waals surface area contributed by atoms with Crippen LogP contribution in [0.25, 0.3) is 0 Å². The van der Waals surface area contributed by atoms with Gasteiger partial charge >= 0.3 is 5.97 Å². The van der Waals surface area contributed by atoms with Gasteiger partial charge in [0, 0.05) is 24.8 Å². The number of esters is 1. The normalized spacial score (nSPS) is 43.4. The average Bonchev–Trinajstić information content (AvgIpc) is 2.91. The third kappa shape index (κ3) is 2.37. The zero-order chi connectivity index (χ0) is 18.7. The molecule has 0 spiro atoms. The summed E-state index contributed by atoms with van der Waals surface area (Å²) >= 11 is 0. The minimum Gasteiger partial charge on any atom is -0.466 e. The average molecular weight is 356 g/mol. The van der Waals surface area contributed by atoms with E-state index in [-0.39, 0.29) is 28.5 Å². The molecule has 0 aromatic heterocycles. The second kappa shape index (κ2) is 5.90. The highest BCUT2D eigenvalue weighted by molar-refractivity contribution is 5.93. The van der Waals surface area contributed by atoms with E-state index in [0.717, 1.165) is 37.7 Å². The highest BCUT2D eigenvalue weighted by Gasteiger charge is 2.60. The van der Waals surface area contributed by atoms with Gasteiger partial charge in [-0.1, -0.05) is 25.0 Å². The number of ketones is 2. The Labute approximate surface area is 155 Å². The molecule has 0 amide bonds. The monoisotopic (exact) mass is 356 g/mol. The molecule has 0 aromatic carbocycles. The zero-order valence-electron chi connectivity index (χ0n) is 16.0. The predicted molar refractivity (Wildman–Crippen MR) is 97.2 cm³/mol. The Hall–Kier alpha value is -1.71. The summed E-state index contributed by atoms with van der Waals surface area (Å²) in [6, 6.07) is 0. The third-order valence-corrected chi connectivity index (χ3v) is 8.00. The maximum Gasteiger partial charge on any atom is 0.330 e. The van der Waals surface area contributed by atoms with Crippen molar-refractivity contribution in [1.29, 1.82) is 0 Å². The van der Waals surface area contributed by atoms with Crippen LogP contribution >= 0.6 is 0 Å². The maximum atomic E-state index is 13.4. The van der Waals surface area contributed by atoms with Crippen LogP contribution < -0.4 is 0 Å². The molecular formula is C22H28O4. The summed E-state index contributed by atoms with van der Waals surface area (Å²) in [5, 5.41) is 0. The lowest BCUT2D eigenvalue weighted by Crippen LogP contribution is -2.54. The summed E-state index contributed by atoms with van der Waals surface area (Å²) in [5.74, 6) is 1.06. The molecule has 5 atom stereocenters. The number of methoxy groups -OCH3 is 1. The first kappa shape index (κ1) is 17.7. The highest BCUT2D eigenvalue weighted by Crippen LogP contribution is 2.65. The molecule has 3 saturated carbocycles. The van der Waals surface area contributed by atoms with Crippen molar-refractivity contribution in [2.24, 2.45) is 28.6 Å². The number of Topliss-reactive ketones (excluding diaryl/α,β-unsaturated/α-hetero) is 1. The van der Waals surface area contributed by atoms with Crippen LogP contribution in [0.15, 0.2) is 23.3 Å². The molecule has 4 rings (SSSR count). The first-order valence-electron chi connectivity index (χ1n) is 9.85. The smallest absolute Gasteiger partial charge is 0.330 e. The van der Waals surface area contributed by atoms with E-state index in [9.17, 15) is 14.4 Å². The first-order chi connectivity index (χ1) is 12.3. The second-order valence-corrected chi connectivity index (χ2v) is 9.13. The highest BCUT2D eigenvalue weighted by atomic mass is 16.5. The van der Waals surface area contributed by atoms with Gasteiger partial charge in [0.2, 0.25) is 0 Å². The number of hydrogen-bond acceptors (Lipinski definition) is 4. The summed E-state index contributed by atoms with van der Waals surface area (Å²) < 4.78 is 4.83. The molecule has 4 nitrogen and oxygen atoms in total. The van der Waals surface area contributed by atoms with Crippen molar-refractivity contribution in [3.63, 3.8) is 0 Å². The Balaban J connectivity index is 1.71. The van der Waals surface area contributed by atoms with E-state index in [1.807, 2.05) is 6.08 Å². The van der Waals surface area contributed by atoms with Crippen LogP contribution in [0.5, 0.6) is 0 Å². The van der Waals surface area contributed by atoms with Crippen LogP contribution in [0.4, 0.5) is 0 Å². The first-order valence-corrected chi connectivity index (χ1v) is 9.85. The van der Waals surface area contributed by atoms with Crippen LogP contribution in [-0.4, -0.2) is 24.6 Å². The SMILES string of the molecule is COC(=O)C=C1CCC2C3CCC4=CC(=O)CCC4(C)C3C(=O)CC12C. The number of carbonyl (C=O) groups excluding carboxylic acids is 3. The minimum atomic E-state index is -0.317. The summed E-state index contributed by atoms with van der Waals surface area (Å²) in [6.45, 7) is 4.38. The van der Waals surface area contributed by atoms with Crippen LogP contribution in [-0.2, 0) is 19.1 Å². The number of carbonyl (C=O) groups is 3. The number of allylic oxidation sites excluding steroid dienone is 2. The third-order valence-electron chi connectivity index (χ3n) is 8.00. The van der Waals surface area contributed by atoms with E-state index < -0.39 is 0 Å². The second-order valence-electron chi connectivity index (χ2n) is 9.13. The van der Waals surface area contributed by atoms with Crippen molar-refractivity contribution in [2.75, 3.05) is 7.11 Å². The molecule has 5 unspecified atom stereocenters. The van der Waals surface area contributed by atoms with Gasteiger partial charge < -0.3 is 4.74 Å². The van der Waals surface area contributed by atoms with Crippen molar-refractivity contribution in [2.45, 2.75) is 58.8 Å². The van der Waals surface area contributed by atoms with Gasteiger partial charge in [-0.25, -0.2) is 4.79 Å². The summed E-state index contributed by atoms with van der Waals surface area (Å²) in [7, 11) is 1.40. The molecule has 0 aliphatic heterocycles. The van der Waals surface area contributed by atoms with Crippen molar-refractivity contribution < 1.29 is 19.1 Å². The maximum absolute atomic E-state index is 13.4. The van der Waals surface area contributed by atoms with E-state index in [1.165, 1.54) is 12.7 Å². The van der Waals surface area contributed by atoms with Crippen LogP contribution in [0.2, 0.25) is 0 Å². The Kier molecular flexibility index (Phi) is 4.01. The van der Waals surface area contributed by atoms with Crippen molar-refractivity contribution in [3.8, 4) is 0 Å². The van der Waals surface area contributed by atoms with E-state index in [0.29, 0.717) is 30.5 Å². The molecule has 0 heterocycles. The molecule has 4 aliphatic carbocycles. The molecule has 4 heteroatoms. The molecule has 26 heavy (non-hydrogen) atoms. The van der Waals surface area contributed by atoms with Crippen LogP contribution in [0.3, 0.4) is 0 Å². The molecule has 0 N–H and O–H groups in total. The fourth-order valence-corrected chi connectivity index (χ4v) is 6.67. The van der Waals surface area contributed by atoms with Gasteiger partial charge in [-0.05, 0) is 60.8 Å². The predicted octanol–water partition coefficient (Wildman–Crippen LogP) is 3.80. The van der Waals surface area contributed by atoms with Crippen molar-refractivity contribution in [3.05, 3.63) is 23.3 Å². The molecule has 4 aliphatic rings. The molecule has 0 aromatic rings. The van der Waals surface area contributed by atoms with Crippen LogP contribution in [0.1, 0.15) is 58.8 Å². The van der Waals surface area contributed by atoms with Gasteiger partial charge in [0.05, 0.1) is 7.11 Å². The molecular weight excluding hydrogens is 328 g/mol. The van der Waals surface area contributed by atoms with Crippen molar-refractivity contribution >= 4 is 17.5 Å². The van der Waals surface area contributed by atoms with Gasteiger partial charge in [-0.2, -0.15) is 0 Å². The Morgan fingerprint density at radius 2 is 1.92 bits per heavy atom.